The predicted octanol–water partition coefficient (Wildman–Crippen LogP) is 8.40. The van der Waals surface area contributed by atoms with Gasteiger partial charge in [-0.25, -0.2) is 0 Å². The molecule has 0 aliphatic rings. The monoisotopic (exact) mass is 526 g/mol. The van der Waals surface area contributed by atoms with Crippen LogP contribution in [0.1, 0.15) is 104 Å². The Labute approximate surface area is 221 Å². The lowest BCUT2D eigenvalue weighted by atomic mass is 10.2. The summed E-state index contributed by atoms with van der Waals surface area (Å²) in [6.07, 6.45) is 14.1. The molecule has 0 bridgehead atoms. The predicted molar refractivity (Wildman–Crippen MR) is 149 cm³/mol. The van der Waals surface area contributed by atoms with E-state index in [1.807, 2.05) is 40.6 Å². The van der Waals surface area contributed by atoms with Crippen molar-refractivity contribution in [1.29, 1.82) is 0 Å². The molecule has 0 aromatic heterocycles. The van der Waals surface area contributed by atoms with Gasteiger partial charge in [0, 0.05) is 24.3 Å². The second kappa shape index (κ2) is 23.1. The first-order valence-corrected chi connectivity index (χ1v) is 16.0. The summed E-state index contributed by atoms with van der Waals surface area (Å²) in [7, 11) is 3.94. The van der Waals surface area contributed by atoms with E-state index >= 15 is 0 Å². The highest BCUT2D eigenvalue weighted by Crippen LogP contribution is 2.24. The molecule has 35 heavy (non-hydrogen) atoms. The number of esters is 2. The van der Waals surface area contributed by atoms with Crippen molar-refractivity contribution in [3.63, 3.8) is 0 Å². The molecule has 0 spiro atoms. The van der Waals surface area contributed by atoms with Crippen LogP contribution in [-0.2, 0) is 14.3 Å². The van der Waals surface area contributed by atoms with Crippen LogP contribution < -0.4 is 9.47 Å². The Hall–Kier alpha value is -1.34. The lowest BCUT2D eigenvalue weighted by Crippen LogP contribution is -2.07. The number of carbonyl (C=O) groups excluding carboxylic acids is 2. The third-order valence-corrected chi connectivity index (χ3v) is 7.93. The van der Waals surface area contributed by atoms with Gasteiger partial charge >= 0.3 is 11.9 Å². The Morgan fingerprint density at radius 3 is 1.89 bits per heavy atom. The first-order valence-electron chi connectivity index (χ1n) is 13.5. The highest BCUT2D eigenvalue weighted by molar-refractivity contribution is 8.76. The maximum atomic E-state index is 12.1. The van der Waals surface area contributed by atoms with E-state index in [-0.39, 0.29) is 11.9 Å². The largest absolute Gasteiger partial charge is 0.494 e. The Kier molecular flexibility index (Phi) is 20.9. The van der Waals surface area contributed by atoms with E-state index in [9.17, 15) is 9.59 Å². The van der Waals surface area contributed by atoms with Gasteiger partial charge < -0.3 is 14.2 Å². The molecule has 0 atom stereocenters. The summed E-state index contributed by atoms with van der Waals surface area (Å²) in [5.41, 5.74) is 0. The number of benzene rings is 1. The van der Waals surface area contributed by atoms with Gasteiger partial charge in [0.05, 0.1) is 13.2 Å². The molecule has 0 aliphatic carbocycles. The highest BCUT2D eigenvalue weighted by Gasteiger charge is 2.06. The van der Waals surface area contributed by atoms with Crippen LogP contribution in [0.2, 0.25) is 0 Å². The van der Waals surface area contributed by atoms with Crippen LogP contribution in [-0.4, -0.2) is 36.7 Å². The molecule has 1 rings (SSSR count). The van der Waals surface area contributed by atoms with Crippen LogP contribution >= 0.6 is 21.6 Å². The van der Waals surface area contributed by atoms with Crippen LogP contribution in [0.3, 0.4) is 0 Å². The number of hydrogen-bond acceptors (Lipinski definition) is 7. The summed E-state index contributed by atoms with van der Waals surface area (Å²) in [4.78, 5) is 23.3. The Balaban J connectivity index is 1.98. The van der Waals surface area contributed by atoms with Gasteiger partial charge in [0.2, 0.25) is 0 Å². The smallest absolute Gasteiger partial charge is 0.311 e. The van der Waals surface area contributed by atoms with Gasteiger partial charge in [-0.2, -0.15) is 0 Å². The van der Waals surface area contributed by atoms with Gasteiger partial charge in [0.25, 0.3) is 0 Å². The molecule has 0 saturated carbocycles. The van der Waals surface area contributed by atoms with Gasteiger partial charge in [-0.05, 0) is 75.6 Å². The van der Waals surface area contributed by atoms with Crippen LogP contribution in [0, 0.1) is 0 Å². The molecule has 0 amide bonds. The summed E-state index contributed by atoms with van der Waals surface area (Å²) >= 11 is 0. The van der Waals surface area contributed by atoms with E-state index < -0.39 is 0 Å². The van der Waals surface area contributed by atoms with E-state index in [0.717, 1.165) is 62.9 Å². The number of unbranched alkanes of at least 4 members (excludes halogenated alkanes) is 8. The molecule has 0 heterocycles. The van der Waals surface area contributed by atoms with Crippen molar-refractivity contribution in [3.8, 4) is 11.5 Å². The molecule has 1 aromatic carbocycles. The molecule has 0 radical (unpaired) electrons. The number of ether oxygens (including phenoxy) is 3. The number of hydrogen-bond donors (Lipinski definition) is 0. The van der Waals surface area contributed by atoms with E-state index in [4.69, 9.17) is 14.2 Å². The third kappa shape index (κ3) is 19.5. The molecule has 5 nitrogen and oxygen atoms in total. The van der Waals surface area contributed by atoms with Gasteiger partial charge in [0.15, 0.2) is 0 Å². The fraction of sp³-hybridized carbons (Fsp3) is 0.714. The van der Waals surface area contributed by atoms with Crippen molar-refractivity contribution < 1.29 is 23.8 Å². The number of rotatable bonds is 23. The molecule has 200 valence electrons. The molecular weight excluding hydrogens is 480 g/mol. The minimum atomic E-state index is -0.169. The maximum absolute atomic E-state index is 12.1. The van der Waals surface area contributed by atoms with Crippen LogP contribution in [0.4, 0.5) is 0 Å². The minimum absolute atomic E-state index is 0.0996. The summed E-state index contributed by atoms with van der Waals surface area (Å²) < 4.78 is 16.3. The Bertz CT molecular complexity index is 651. The summed E-state index contributed by atoms with van der Waals surface area (Å²) in [5.74, 6) is 3.48. The van der Waals surface area contributed by atoms with Crippen molar-refractivity contribution in [1.82, 2.24) is 0 Å². The zero-order valence-electron chi connectivity index (χ0n) is 21.9. The van der Waals surface area contributed by atoms with Crippen molar-refractivity contribution in [2.75, 3.05) is 24.7 Å². The topological polar surface area (TPSA) is 61.8 Å². The Morgan fingerprint density at radius 1 is 0.629 bits per heavy atom. The van der Waals surface area contributed by atoms with Gasteiger partial charge in [-0.3, -0.25) is 9.59 Å². The molecule has 0 N–H and O–H groups in total. The van der Waals surface area contributed by atoms with E-state index in [1.165, 1.54) is 31.4 Å². The standard InChI is InChI=1S/C28H46O5S2/c1-3-5-6-13-23-34-35-24-14-9-10-16-28(30)33-26-19-17-25(18-20-26)31-21-11-7-8-12-22-32-27(29)15-4-2/h17-20H,3-16,21-24H2,1-2H3. The second-order valence-corrected chi connectivity index (χ2v) is 11.4. The quantitative estimate of drug-likeness (QED) is 0.0614. The molecule has 1 aromatic rings. The third-order valence-electron chi connectivity index (χ3n) is 5.35. The minimum Gasteiger partial charge on any atom is -0.494 e. The van der Waals surface area contributed by atoms with Gasteiger partial charge in [-0.15, -0.1) is 0 Å². The fourth-order valence-electron chi connectivity index (χ4n) is 3.31. The molecule has 0 saturated heterocycles. The first kappa shape index (κ1) is 31.7. The Morgan fingerprint density at radius 2 is 1.23 bits per heavy atom. The highest BCUT2D eigenvalue weighted by atomic mass is 33.1. The van der Waals surface area contributed by atoms with Crippen LogP contribution in [0.25, 0.3) is 0 Å². The van der Waals surface area contributed by atoms with E-state index in [1.54, 1.807) is 12.1 Å². The SMILES string of the molecule is CCCCCCSSCCCCCC(=O)Oc1ccc(OCCCCCCOC(=O)CCC)cc1. The van der Waals surface area contributed by atoms with Crippen molar-refractivity contribution in [2.45, 2.75) is 104 Å². The van der Waals surface area contributed by atoms with Gasteiger partial charge in [0.1, 0.15) is 11.5 Å². The maximum Gasteiger partial charge on any atom is 0.311 e. The molecule has 0 fully saturated rings. The first-order chi connectivity index (χ1) is 17.2. The van der Waals surface area contributed by atoms with Crippen molar-refractivity contribution in [3.05, 3.63) is 24.3 Å². The van der Waals surface area contributed by atoms with Crippen molar-refractivity contribution >= 4 is 33.5 Å². The van der Waals surface area contributed by atoms with Crippen LogP contribution in [0.5, 0.6) is 11.5 Å². The zero-order chi connectivity index (χ0) is 25.4. The second-order valence-electron chi connectivity index (χ2n) is 8.69. The molecule has 7 heteroatoms. The lowest BCUT2D eigenvalue weighted by molar-refractivity contribution is -0.143. The van der Waals surface area contributed by atoms with E-state index in [0.29, 0.717) is 31.8 Å². The summed E-state index contributed by atoms with van der Waals surface area (Å²) in [5, 5.41) is 0. The molecule has 0 aliphatic heterocycles. The van der Waals surface area contributed by atoms with E-state index in [2.05, 4.69) is 6.92 Å². The van der Waals surface area contributed by atoms with Crippen molar-refractivity contribution in [2.24, 2.45) is 0 Å². The van der Waals surface area contributed by atoms with Crippen LogP contribution in [0.15, 0.2) is 24.3 Å². The summed E-state index contributed by atoms with van der Waals surface area (Å²) in [6, 6.07) is 7.25. The lowest BCUT2D eigenvalue weighted by Gasteiger charge is -2.08. The number of carbonyl (C=O) groups is 2. The fourth-order valence-corrected chi connectivity index (χ4v) is 5.60. The summed E-state index contributed by atoms with van der Waals surface area (Å²) in [6.45, 7) is 5.37. The molecular formula is C28H46O5S2. The average molecular weight is 527 g/mol. The molecule has 0 unspecified atom stereocenters. The normalized spacial score (nSPS) is 10.8. The zero-order valence-corrected chi connectivity index (χ0v) is 23.5. The average Bonchev–Trinajstić information content (AvgIpc) is 2.85. The van der Waals surface area contributed by atoms with Gasteiger partial charge in [-0.1, -0.05) is 61.1 Å².